The third-order valence-electron chi connectivity index (χ3n) is 3.85. The lowest BCUT2D eigenvalue weighted by Crippen LogP contribution is -2.18. The van der Waals surface area contributed by atoms with Crippen LogP contribution in [0, 0.1) is 17.0 Å². The van der Waals surface area contributed by atoms with Crippen LogP contribution in [-0.4, -0.2) is 23.0 Å². The van der Waals surface area contributed by atoms with Gasteiger partial charge in [-0.3, -0.25) is 19.7 Å². The molecule has 2 aromatic rings. The Morgan fingerprint density at radius 2 is 1.67 bits per heavy atom. The molecule has 2 rings (SSSR count). The maximum atomic E-state index is 12.2. The molecule has 5 heteroatoms. The van der Waals surface area contributed by atoms with Gasteiger partial charge in [-0.1, -0.05) is 60.2 Å². The van der Waals surface area contributed by atoms with E-state index in [4.69, 9.17) is 0 Å². The molecule has 0 aliphatic rings. The third kappa shape index (κ3) is 5.12. The van der Waals surface area contributed by atoms with Crippen molar-refractivity contribution in [2.75, 3.05) is 6.54 Å². The molecule has 1 atom stereocenters. The van der Waals surface area contributed by atoms with Gasteiger partial charge in [0, 0.05) is 16.9 Å². The minimum absolute atomic E-state index is 0.0113. The fraction of sp³-hybridized carbons (Fsp3) is 0.263. The van der Waals surface area contributed by atoms with E-state index in [9.17, 15) is 19.7 Å². The number of aryl methyl sites for hydroxylation is 1. The molecule has 0 spiro atoms. The predicted molar refractivity (Wildman–Crippen MR) is 90.8 cm³/mol. The summed E-state index contributed by atoms with van der Waals surface area (Å²) in [5.41, 5.74) is 2.27. The van der Waals surface area contributed by atoms with Crippen molar-refractivity contribution in [1.82, 2.24) is 0 Å². The number of carbonyl (C=O) groups is 2. The summed E-state index contributed by atoms with van der Waals surface area (Å²) in [5.74, 6) is -1.06. The largest absolute Gasteiger partial charge is 0.299 e. The van der Waals surface area contributed by atoms with Gasteiger partial charge >= 0.3 is 0 Å². The minimum Gasteiger partial charge on any atom is -0.299 e. The maximum Gasteiger partial charge on any atom is 0.211 e. The fourth-order valence-corrected chi connectivity index (χ4v) is 2.56. The summed E-state index contributed by atoms with van der Waals surface area (Å²) >= 11 is 0. The second-order valence-corrected chi connectivity index (χ2v) is 5.83. The summed E-state index contributed by atoms with van der Waals surface area (Å²) in [6.45, 7) is 1.60. The Hall–Kier alpha value is -2.82. The van der Waals surface area contributed by atoms with Gasteiger partial charge < -0.3 is 0 Å². The van der Waals surface area contributed by atoms with Crippen molar-refractivity contribution in [3.63, 3.8) is 0 Å². The highest BCUT2D eigenvalue weighted by Crippen LogP contribution is 2.22. The van der Waals surface area contributed by atoms with E-state index in [0.717, 1.165) is 11.1 Å². The number of Topliss-reactive ketones (excluding diaryl/α,β-unsaturated/α-hetero) is 2. The summed E-state index contributed by atoms with van der Waals surface area (Å²) in [4.78, 5) is 34.8. The quantitative estimate of drug-likeness (QED) is 0.322. The molecule has 0 bridgehead atoms. The van der Waals surface area contributed by atoms with Crippen LogP contribution in [0.5, 0.6) is 0 Å². The topological polar surface area (TPSA) is 77.3 Å². The van der Waals surface area contributed by atoms with Gasteiger partial charge in [-0.15, -0.1) is 0 Å². The van der Waals surface area contributed by atoms with Gasteiger partial charge in [0.2, 0.25) is 6.54 Å². The Morgan fingerprint density at radius 3 is 2.25 bits per heavy atom. The molecule has 0 unspecified atom stereocenters. The highest BCUT2D eigenvalue weighted by atomic mass is 16.6. The summed E-state index contributed by atoms with van der Waals surface area (Å²) in [7, 11) is 0. The van der Waals surface area contributed by atoms with Crippen molar-refractivity contribution in [2.24, 2.45) is 0 Å². The zero-order valence-corrected chi connectivity index (χ0v) is 13.5. The molecule has 0 aliphatic heterocycles. The molecule has 0 N–H and O–H groups in total. The summed E-state index contributed by atoms with van der Waals surface area (Å²) in [6.07, 6.45) is -0.243. The lowest BCUT2D eigenvalue weighted by molar-refractivity contribution is -0.483. The third-order valence-corrected chi connectivity index (χ3v) is 3.85. The van der Waals surface area contributed by atoms with E-state index in [-0.39, 0.29) is 31.0 Å². The van der Waals surface area contributed by atoms with Gasteiger partial charge in [-0.05, 0) is 12.5 Å². The highest BCUT2D eigenvalue weighted by molar-refractivity contribution is 6.08. The van der Waals surface area contributed by atoms with E-state index < -0.39 is 10.8 Å². The first kappa shape index (κ1) is 17.5. The molecule has 0 heterocycles. The van der Waals surface area contributed by atoms with Gasteiger partial charge in [0.25, 0.3) is 0 Å². The lowest BCUT2D eigenvalue weighted by Gasteiger charge is -2.13. The number of carbonyl (C=O) groups excluding carboxylic acids is 2. The van der Waals surface area contributed by atoms with Crippen molar-refractivity contribution in [1.29, 1.82) is 0 Å². The summed E-state index contributed by atoms with van der Waals surface area (Å²) < 4.78 is 0. The number of nitro groups is 1. The van der Waals surface area contributed by atoms with Gasteiger partial charge in [0.15, 0.2) is 5.78 Å². The Labute approximate surface area is 140 Å². The molecule has 124 valence electrons. The van der Waals surface area contributed by atoms with Crippen LogP contribution in [0.1, 0.15) is 40.2 Å². The fourth-order valence-electron chi connectivity index (χ4n) is 2.56. The molecule has 5 nitrogen and oxygen atoms in total. The van der Waals surface area contributed by atoms with Crippen molar-refractivity contribution < 1.29 is 14.5 Å². The van der Waals surface area contributed by atoms with E-state index in [1.54, 1.807) is 42.5 Å². The molecule has 0 aromatic heterocycles. The van der Waals surface area contributed by atoms with Crippen LogP contribution in [0.3, 0.4) is 0 Å². The molecular formula is C19H19NO4. The first-order valence-corrected chi connectivity index (χ1v) is 7.74. The SMILES string of the molecule is Cc1ccc([C@@H](CC(=O)CC(=O)c2ccccc2)C[N+](=O)[O-])cc1. The Bertz CT molecular complexity index is 723. The molecule has 0 radical (unpaired) electrons. The van der Waals surface area contributed by atoms with Crippen LogP contribution in [0.25, 0.3) is 0 Å². The Morgan fingerprint density at radius 1 is 1.04 bits per heavy atom. The van der Waals surface area contributed by atoms with E-state index in [2.05, 4.69) is 0 Å². The van der Waals surface area contributed by atoms with Gasteiger partial charge in [-0.25, -0.2) is 0 Å². The molecular weight excluding hydrogens is 306 g/mol. The molecule has 24 heavy (non-hydrogen) atoms. The maximum absolute atomic E-state index is 12.2. The lowest BCUT2D eigenvalue weighted by atomic mass is 9.91. The summed E-state index contributed by atoms with van der Waals surface area (Å²) in [5, 5.41) is 10.9. The number of hydrogen-bond acceptors (Lipinski definition) is 4. The van der Waals surface area contributed by atoms with E-state index >= 15 is 0 Å². The van der Waals surface area contributed by atoms with Crippen molar-refractivity contribution in [2.45, 2.75) is 25.7 Å². The van der Waals surface area contributed by atoms with Crippen molar-refractivity contribution in [3.8, 4) is 0 Å². The van der Waals surface area contributed by atoms with Crippen LogP contribution in [0.2, 0.25) is 0 Å². The van der Waals surface area contributed by atoms with Crippen LogP contribution >= 0.6 is 0 Å². The first-order valence-electron chi connectivity index (χ1n) is 7.74. The number of nitrogens with zero attached hydrogens (tertiary/aromatic N) is 1. The van der Waals surface area contributed by atoms with Crippen LogP contribution in [0.4, 0.5) is 0 Å². The Balaban J connectivity index is 2.05. The number of rotatable bonds is 8. The zero-order valence-electron chi connectivity index (χ0n) is 13.5. The Kier molecular flexibility index (Phi) is 5.95. The van der Waals surface area contributed by atoms with Gasteiger partial charge in [0.05, 0.1) is 12.3 Å². The van der Waals surface area contributed by atoms with Crippen LogP contribution < -0.4 is 0 Å². The number of hydrogen-bond donors (Lipinski definition) is 0. The molecule has 0 fully saturated rings. The van der Waals surface area contributed by atoms with E-state index in [1.807, 2.05) is 19.1 Å². The van der Waals surface area contributed by atoms with Crippen LogP contribution in [-0.2, 0) is 4.79 Å². The van der Waals surface area contributed by atoms with Gasteiger partial charge in [-0.2, -0.15) is 0 Å². The average molecular weight is 325 g/mol. The number of benzene rings is 2. The smallest absolute Gasteiger partial charge is 0.211 e. The highest BCUT2D eigenvalue weighted by Gasteiger charge is 2.23. The second-order valence-electron chi connectivity index (χ2n) is 5.83. The van der Waals surface area contributed by atoms with Crippen LogP contribution in [0.15, 0.2) is 54.6 Å². The molecule has 0 amide bonds. The van der Waals surface area contributed by atoms with Gasteiger partial charge in [0.1, 0.15) is 5.78 Å². The van der Waals surface area contributed by atoms with E-state index in [0.29, 0.717) is 5.56 Å². The molecule has 2 aromatic carbocycles. The standard InChI is InChI=1S/C19H19NO4/c1-14-7-9-15(10-8-14)17(13-20(23)24)11-18(21)12-19(22)16-5-3-2-4-6-16/h2-10,17H,11-13H2,1H3/t17-/m0/s1. The zero-order chi connectivity index (χ0) is 17.5. The van der Waals surface area contributed by atoms with Crippen molar-refractivity contribution >= 4 is 11.6 Å². The molecule has 0 aliphatic carbocycles. The molecule has 0 saturated carbocycles. The van der Waals surface area contributed by atoms with Crippen molar-refractivity contribution in [3.05, 3.63) is 81.4 Å². The first-order chi connectivity index (χ1) is 11.5. The monoisotopic (exact) mass is 325 g/mol. The molecule has 0 saturated heterocycles. The summed E-state index contributed by atoms with van der Waals surface area (Å²) in [6, 6.07) is 15.9. The predicted octanol–water partition coefficient (Wildman–Crippen LogP) is 3.59. The number of ketones is 2. The second kappa shape index (κ2) is 8.15. The normalized spacial score (nSPS) is 11.7. The minimum atomic E-state index is -0.517. The average Bonchev–Trinajstić information content (AvgIpc) is 2.55. The van der Waals surface area contributed by atoms with E-state index in [1.165, 1.54) is 0 Å².